The Balaban J connectivity index is 1.19. The lowest BCUT2D eigenvalue weighted by Crippen LogP contribution is -2.49. The van der Waals surface area contributed by atoms with Gasteiger partial charge in [-0.15, -0.1) is 0 Å². The van der Waals surface area contributed by atoms with Gasteiger partial charge in [0.05, 0.1) is 36.2 Å². The minimum Gasteiger partial charge on any atom is -0.490 e. The van der Waals surface area contributed by atoms with Crippen LogP contribution in [0.5, 0.6) is 5.75 Å². The number of aliphatic hydroxyl groups is 1. The number of halogens is 1. The lowest BCUT2D eigenvalue weighted by Gasteiger charge is -2.45. The molecule has 0 bridgehead atoms. The molecule has 2 aliphatic carbocycles. The van der Waals surface area contributed by atoms with E-state index in [-0.39, 0.29) is 35.3 Å². The van der Waals surface area contributed by atoms with Crippen molar-refractivity contribution in [1.82, 2.24) is 0 Å². The number of carbonyl (C=O) groups is 1. The summed E-state index contributed by atoms with van der Waals surface area (Å²) in [6, 6.07) is 11.1. The predicted octanol–water partition coefficient (Wildman–Crippen LogP) is 5.09. The van der Waals surface area contributed by atoms with E-state index in [0.717, 1.165) is 50.6 Å². The fourth-order valence-electron chi connectivity index (χ4n) is 8.28. The molecule has 10 nitrogen and oxygen atoms in total. The van der Waals surface area contributed by atoms with Gasteiger partial charge in [0.2, 0.25) is 10.0 Å². The lowest BCUT2D eigenvalue weighted by atomic mass is 9.68. The predicted molar refractivity (Wildman–Crippen MR) is 184 cm³/mol. The van der Waals surface area contributed by atoms with Gasteiger partial charge in [-0.1, -0.05) is 29.8 Å². The third kappa shape index (κ3) is 7.56. The molecule has 1 saturated carbocycles. The number of primary sulfonamides is 1. The van der Waals surface area contributed by atoms with E-state index < -0.39 is 33.5 Å². The van der Waals surface area contributed by atoms with Crippen molar-refractivity contribution in [3.8, 4) is 5.75 Å². The third-order valence-corrected chi connectivity index (χ3v) is 12.6. The van der Waals surface area contributed by atoms with Gasteiger partial charge in [-0.25, -0.2) is 18.4 Å². The molecule has 2 aromatic carbocycles. The largest absolute Gasteiger partial charge is 0.490 e. The summed E-state index contributed by atoms with van der Waals surface area (Å²) in [6.07, 6.45) is 8.93. The maximum absolute atomic E-state index is 12.5. The molecule has 7 atom stereocenters. The van der Waals surface area contributed by atoms with Crippen molar-refractivity contribution in [2.45, 2.75) is 86.8 Å². The van der Waals surface area contributed by atoms with Crippen molar-refractivity contribution in [2.24, 2.45) is 17.0 Å². The lowest BCUT2D eigenvalue weighted by molar-refractivity contribution is 0.0447. The van der Waals surface area contributed by atoms with Crippen LogP contribution in [0.15, 0.2) is 48.6 Å². The Morgan fingerprint density at radius 2 is 2.04 bits per heavy atom. The zero-order valence-electron chi connectivity index (χ0n) is 27.4. The Labute approximate surface area is 288 Å². The van der Waals surface area contributed by atoms with Crippen molar-refractivity contribution in [3.05, 3.63) is 70.3 Å². The van der Waals surface area contributed by atoms with E-state index in [2.05, 4.69) is 17.0 Å². The molecule has 0 aromatic heterocycles. The van der Waals surface area contributed by atoms with Gasteiger partial charge >= 0.3 is 5.97 Å². The number of aromatic carboxylic acids is 1. The standard InChI is InChI=1S/C36H47ClN2O8S/c1-45-33(34(48(38,43)44)19-27-6-4-16-46-27)8-2-7-31(40)28-12-9-25(28)20-39-21-36(15-3-5-23-17-26(37)11-13-29(23)36)22-47-32-14-10-24(35(41)42)18-30(32)39/h2,7,10-11,13-14,17-18,25,27-28,31,33-34,40H,3-6,8-9,12,15-16,19-22H2,1H3,(H,41,42)(H2,38,43,44)/b7-2+/t25-,27+,28+,31?,33?,34?,36-/m0/s1. The van der Waals surface area contributed by atoms with Crippen LogP contribution in [0.1, 0.15) is 72.9 Å². The Morgan fingerprint density at radius 3 is 2.73 bits per heavy atom. The Kier molecular flexibility index (Phi) is 10.7. The molecule has 12 heteroatoms. The van der Waals surface area contributed by atoms with E-state index in [1.807, 2.05) is 6.07 Å². The highest BCUT2D eigenvalue weighted by atomic mass is 35.5. The number of carboxylic acid groups (broad SMARTS) is 1. The van der Waals surface area contributed by atoms with Crippen LogP contribution in [0.4, 0.5) is 5.69 Å². The number of carboxylic acids is 1. The van der Waals surface area contributed by atoms with Crippen molar-refractivity contribution in [2.75, 3.05) is 38.3 Å². The topological polar surface area (TPSA) is 149 Å². The van der Waals surface area contributed by atoms with Crippen molar-refractivity contribution in [3.63, 3.8) is 0 Å². The highest BCUT2D eigenvalue weighted by molar-refractivity contribution is 7.89. The minimum absolute atomic E-state index is 0.00755. The Hall–Kier alpha value is -2.67. The molecule has 2 aliphatic heterocycles. The minimum atomic E-state index is -3.88. The molecule has 6 rings (SSSR count). The maximum atomic E-state index is 12.5. The number of nitrogens with two attached hydrogens (primary N) is 1. The van der Waals surface area contributed by atoms with Gasteiger partial charge in [-0.05, 0) is 111 Å². The molecular weight excluding hydrogens is 656 g/mol. The summed E-state index contributed by atoms with van der Waals surface area (Å²) in [5.41, 5.74) is 3.12. The van der Waals surface area contributed by atoms with Gasteiger partial charge in [0, 0.05) is 37.2 Å². The Morgan fingerprint density at radius 1 is 1.21 bits per heavy atom. The highest BCUT2D eigenvalue weighted by Gasteiger charge is 2.44. The van der Waals surface area contributed by atoms with Crippen LogP contribution in [-0.4, -0.2) is 81.6 Å². The summed E-state index contributed by atoms with van der Waals surface area (Å²) in [5, 5.41) is 26.6. The van der Waals surface area contributed by atoms with E-state index in [1.54, 1.807) is 30.4 Å². The van der Waals surface area contributed by atoms with Gasteiger partial charge in [-0.2, -0.15) is 0 Å². The van der Waals surface area contributed by atoms with Crippen LogP contribution in [-0.2, 0) is 31.3 Å². The molecule has 262 valence electrons. The second kappa shape index (κ2) is 14.7. The first-order valence-corrected chi connectivity index (χ1v) is 19.0. The first-order valence-electron chi connectivity index (χ1n) is 17.0. The van der Waals surface area contributed by atoms with Gasteiger partial charge in [-0.3, -0.25) is 0 Å². The number of rotatable bonds is 12. The second-order valence-corrected chi connectivity index (χ2v) is 16.2. The summed E-state index contributed by atoms with van der Waals surface area (Å²) in [6.45, 7) is 2.38. The number of hydrogen-bond donors (Lipinski definition) is 3. The monoisotopic (exact) mass is 702 g/mol. The first-order chi connectivity index (χ1) is 23.0. The van der Waals surface area contributed by atoms with E-state index in [4.69, 9.17) is 31.0 Å². The van der Waals surface area contributed by atoms with Crippen LogP contribution in [0.25, 0.3) is 0 Å². The number of aryl methyl sites for hydroxylation is 1. The average molecular weight is 703 g/mol. The molecule has 0 radical (unpaired) electrons. The van der Waals surface area contributed by atoms with Crippen molar-refractivity contribution in [1.29, 1.82) is 0 Å². The molecule has 48 heavy (non-hydrogen) atoms. The average Bonchev–Trinajstić information content (AvgIpc) is 3.50. The molecule has 1 saturated heterocycles. The zero-order chi connectivity index (χ0) is 34.1. The molecular formula is C36H47ClN2O8S. The fraction of sp³-hybridized carbons (Fsp3) is 0.583. The van der Waals surface area contributed by atoms with Gasteiger partial charge in [0.1, 0.15) is 11.0 Å². The van der Waals surface area contributed by atoms with Gasteiger partial charge in [0.25, 0.3) is 0 Å². The number of hydrogen-bond acceptors (Lipinski definition) is 8. The van der Waals surface area contributed by atoms with Crippen molar-refractivity contribution < 1.29 is 37.6 Å². The number of nitrogens with zero attached hydrogens (tertiary/aromatic N) is 1. The fourth-order valence-corrected chi connectivity index (χ4v) is 9.61. The number of sulfonamides is 1. The van der Waals surface area contributed by atoms with Crippen molar-refractivity contribution >= 4 is 33.3 Å². The normalized spacial score (nSPS) is 27.4. The van der Waals surface area contributed by atoms with Gasteiger partial charge < -0.3 is 29.3 Å². The summed E-state index contributed by atoms with van der Waals surface area (Å²) in [4.78, 5) is 14.3. The maximum Gasteiger partial charge on any atom is 0.335 e. The quantitative estimate of drug-likeness (QED) is 0.257. The van der Waals surface area contributed by atoms with Crippen LogP contribution < -0.4 is 14.8 Å². The van der Waals surface area contributed by atoms with E-state index in [9.17, 15) is 23.4 Å². The number of anilines is 1. The van der Waals surface area contributed by atoms with E-state index in [1.165, 1.54) is 18.2 Å². The third-order valence-electron chi connectivity index (χ3n) is 11.0. The number of methoxy groups -OCH3 is 1. The summed E-state index contributed by atoms with van der Waals surface area (Å²) >= 11 is 6.39. The zero-order valence-corrected chi connectivity index (χ0v) is 29.0. The molecule has 4 aliphatic rings. The first kappa shape index (κ1) is 35.2. The van der Waals surface area contributed by atoms with Crippen LogP contribution >= 0.6 is 11.6 Å². The highest BCUT2D eigenvalue weighted by Crippen LogP contribution is 2.46. The Bertz CT molecular complexity index is 1610. The molecule has 1 spiro atoms. The molecule has 2 aromatic rings. The van der Waals surface area contributed by atoms with Crippen LogP contribution in [0.2, 0.25) is 5.02 Å². The van der Waals surface area contributed by atoms with Gasteiger partial charge in [0.15, 0.2) is 0 Å². The van der Waals surface area contributed by atoms with Crippen LogP contribution in [0.3, 0.4) is 0 Å². The number of benzene rings is 2. The number of aliphatic hydroxyl groups excluding tert-OH is 1. The molecule has 4 N–H and O–H groups in total. The summed E-state index contributed by atoms with van der Waals surface area (Å²) in [5.74, 6) is -0.185. The smallest absolute Gasteiger partial charge is 0.335 e. The number of fused-ring (bicyclic) bond motifs is 3. The molecule has 2 heterocycles. The number of ether oxygens (including phenoxy) is 3. The summed E-state index contributed by atoms with van der Waals surface area (Å²) < 4.78 is 42.7. The summed E-state index contributed by atoms with van der Waals surface area (Å²) in [7, 11) is -2.40. The molecule has 2 fully saturated rings. The van der Waals surface area contributed by atoms with E-state index >= 15 is 0 Å². The molecule has 3 unspecified atom stereocenters. The van der Waals surface area contributed by atoms with E-state index in [0.29, 0.717) is 43.5 Å². The second-order valence-electron chi connectivity index (χ2n) is 14.0. The van der Waals surface area contributed by atoms with Crippen LogP contribution in [0, 0.1) is 11.8 Å². The molecule has 0 amide bonds. The SMILES string of the molecule is COC(C/C=C/C(O)[C@@H]1CC[C@H]1CN1C[C@@]2(CCCc3cc(Cl)ccc32)COc2ccc(C(=O)O)cc21)C(C[C@H]1CCCO1)S(N)(=O)=O.